The van der Waals surface area contributed by atoms with E-state index in [0.29, 0.717) is 0 Å². The molecule has 172 valence electrons. The Kier molecular flexibility index (Phi) is 8.87. The standard InChI is InChI=1S/C21H22F2N2O7/c1-12(8-14-4-5-15(22)9-16(14)23)32-18(27)10-25-21(28)19-20(31-11-30-13(2)26)17(29-3)6-7-24-19/h4-7,9,12H,8,10-11H2,1-3H3,(H,25,28). The molecule has 32 heavy (non-hydrogen) atoms. The van der Waals surface area contributed by atoms with Crippen LogP contribution in [-0.2, 0) is 25.5 Å². The third-order valence-corrected chi connectivity index (χ3v) is 4.02. The first-order chi connectivity index (χ1) is 15.2. The molecule has 0 aliphatic rings. The van der Waals surface area contributed by atoms with E-state index >= 15 is 0 Å². The number of halogens is 2. The van der Waals surface area contributed by atoms with Gasteiger partial charge in [0.1, 0.15) is 24.3 Å². The number of nitrogens with one attached hydrogen (secondary N) is 1. The van der Waals surface area contributed by atoms with Crippen LogP contribution < -0.4 is 14.8 Å². The average molecular weight is 452 g/mol. The van der Waals surface area contributed by atoms with Gasteiger partial charge in [-0.15, -0.1) is 0 Å². The second-order valence-corrected chi connectivity index (χ2v) is 6.51. The topological polar surface area (TPSA) is 113 Å². The van der Waals surface area contributed by atoms with Gasteiger partial charge in [-0.3, -0.25) is 14.4 Å². The smallest absolute Gasteiger partial charge is 0.325 e. The predicted molar refractivity (Wildman–Crippen MR) is 106 cm³/mol. The summed E-state index contributed by atoms with van der Waals surface area (Å²) < 4.78 is 46.9. The maximum atomic E-state index is 13.7. The SMILES string of the molecule is COc1ccnc(C(=O)NCC(=O)OC(C)Cc2ccc(F)cc2F)c1OCOC(C)=O. The van der Waals surface area contributed by atoms with Crippen LogP contribution in [0, 0.1) is 11.6 Å². The van der Waals surface area contributed by atoms with Crippen LogP contribution >= 0.6 is 0 Å². The molecule has 1 aromatic carbocycles. The second-order valence-electron chi connectivity index (χ2n) is 6.51. The Bertz CT molecular complexity index is 985. The molecule has 11 heteroatoms. The lowest BCUT2D eigenvalue weighted by molar-refractivity contribution is -0.148. The molecule has 1 amide bonds. The van der Waals surface area contributed by atoms with E-state index in [1.165, 1.54) is 39.3 Å². The van der Waals surface area contributed by atoms with Crippen molar-refractivity contribution in [3.63, 3.8) is 0 Å². The summed E-state index contributed by atoms with van der Waals surface area (Å²) in [5.74, 6) is -3.50. The van der Waals surface area contributed by atoms with E-state index in [9.17, 15) is 23.2 Å². The minimum absolute atomic E-state index is 0.0252. The highest BCUT2D eigenvalue weighted by Gasteiger charge is 2.21. The number of carbonyl (C=O) groups excluding carboxylic acids is 3. The summed E-state index contributed by atoms with van der Waals surface area (Å²) in [5, 5.41) is 2.33. The number of rotatable bonds is 10. The molecule has 0 saturated heterocycles. The maximum absolute atomic E-state index is 13.7. The van der Waals surface area contributed by atoms with Gasteiger partial charge in [0.05, 0.1) is 7.11 Å². The fourth-order valence-corrected chi connectivity index (χ4v) is 2.60. The molecule has 0 radical (unpaired) electrons. The Balaban J connectivity index is 1.94. The van der Waals surface area contributed by atoms with Gasteiger partial charge in [-0.05, 0) is 18.6 Å². The number of amides is 1. The van der Waals surface area contributed by atoms with Crippen molar-refractivity contribution < 1.29 is 42.1 Å². The highest BCUT2D eigenvalue weighted by atomic mass is 19.1. The first kappa shape index (κ1) is 24.5. The first-order valence-electron chi connectivity index (χ1n) is 9.42. The van der Waals surface area contributed by atoms with Gasteiger partial charge in [0.25, 0.3) is 5.91 Å². The fraction of sp³-hybridized carbons (Fsp3) is 0.333. The van der Waals surface area contributed by atoms with Crippen molar-refractivity contribution in [2.24, 2.45) is 0 Å². The summed E-state index contributed by atoms with van der Waals surface area (Å²) in [5.41, 5.74) is -0.0170. The first-order valence-corrected chi connectivity index (χ1v) is 9.42. The molecule has 9 nitrogen and oxygen atoms in total. The molecule has 1 unspecified atom stereocenters. The maximum Gasteiger partial charge on any atom is 0.325 e. The lowest BCUT2D eigenvalue weighted by atomic mass is 10.1. The van der Waals surface area contributed by atoms with Gasteiger partial charge < -0.3 is 24.3 Å². The molecule has 0 saturated carbocycles. The number of ether oxygens (including phenoxy) is 4. The van der Waals surface area contributed by atoms with E-state index in [2.05, 4.69) is 15.0 Å². The number of carbonyl (C=O) groups is 3. The van der Waals surface area contributed by atoms with E-state index in [-0.39, 0.29) is 29.2 Å². The molecule has 1 N–H and O–H groups in total. The molecule has 0 bridgehead atoms. The van der Waals surface area contributed by atoms with Crippen molar-refractivity contribution in [3.05, 3.63) is 53.4 Å². The Morgan fingerprint density at radius 2 is 1.94 bits per heavy atom. The summed E-state index contributed by atoms with van der Waals surface area (Å²) in [6.45, 7) is 1.75. The second kappa shape index (κ2) is 11.6. The van der Waals surface area contributed by atoms with Gasteiger partial charge in [0.15, 0.2) is 17.2 Å². The van der Waals surface area contributed by atoms with Gasteiger partial charge in [0, 0.05) is 31.7 Å². The van der Waals surface area contributed by atoms with Crippen LogP contribution in [0.4, 0.5) is 8.78 Å². The van der Waals surface area contributed by atoms with Crippen molar-refractivity contribution in [1.82, 2.24) is 10.3 Å². The minimum Gasteiger partial charge on any atom is -0.493 e. The van der Waals surface area contributed by atoms with E-state index in [1.54, 1.807) is 0 Å². The van der Waals surface area contributed by atoms with Gasteiger partial charge in [-0.1, -0.05) is 6.07 Å². The molecule has 1 aromatic heterocycles. The number of esters is 2. The minimum atomic E-state index is -0.779. The number of benzene rings is 1. The highest BCUT2D eigenvalue weighted by Crippen LogP contribution is 2.29. The number of hydrogen-bond donors (Lipinski definition) is 1. The largest absolute Gasteiger partial charge is 0.493 e. The third kappa shape index (κ3) is 7.18. The molecular weight excluding hydrogens is 430 g/mol. The molecule has 2 aromatic rings. The fourth-order valence-electron chi connectivity index (χ4n) is 2.60. The molecule has 0 fully saturated rings. The average Bonchev–Trinajstić information content (AvgIpc) is 2.73. The van der Waals surface area contributed by atoms with Crippen LogP contribution in [0.1, 0.15) is 29.9 Å². The lowest BCUT2D eigenvalue weighted by Gasteiger charge is -2.15. The highest BCUT2D eigenvalue weighted by molar-refractivity contribution is 5.97. The van der Waals surface area contributed by atoms with E-state index in [1.807, 2.05) is 0 Å². The molecule has 2 rings (SSSR count). The number of aromatic nitrogens is 1. The summed E-state index contributed by atoms with van der Waals surface area (Å²) in [4.78, 5) is 39.3. The summed E-state index contributed by atoms with van der Waals surface area (Å²) >= 11 is 0. The Labute approximate surface area is 182 Å². The zero-order valence-electron chi connectivity index (χ0n) is 17.6. The molecule has 1 atom stereocenters. The zero-order valence-corrected chi connectivity index (χ0v) is 17.6. The normalized spacial score (nSPS) is 11.3. The van der Waals surface area contributed by atoms with Crippen molar-refractivity contribution in [3.8, 4) is 11.5 Å². The van der Waals surface area contributed by atoms with Crippen LogP contribution in [-0.4, -0.2) is 49.4 Å². The molecule has 0 aliphatic heterocycles. The monoisotopic (exact) mass is 452 g/mol. The number of pyridine rings is 1. The van der Waals surface area contributed by atoms with E-state index in [4.69, 9.17) is 14.2 Å². The van der Waals surface area contributed by atoms with Gasteiger partial charge >= 0.3 is 11.9 Å². The van der Waals surface area contributed by atoms with Crippen LogP contribution in [0.25, 0.3) is 0 Å². The Morgan fingerprint density at radius 3 is 2.59 bits per heavy atom. The Hall–Kier alpha value is -3.76. The third-order valence-electron chi connectivity index (χ3n) is 4.02. The summed E-state index contributed by atoms with van der Waals surface area (Å²) in [7, 11) is 1.35. The Morgan fingerprint density at radius 1 is 1.19 bits per heavy atom. The zero-order chi connectivity index (χ0) is 23.7. The van der Waals surface area contributed by atoms with Crippen LogP contribution in [0.5, 0.6) is 11.5 Å². The van der Waals surface area contributed by atoms with Crippen molar-refractivity contribution >= 4 is 17.8 Å². The van der Waals surface area contributed by atoms with Crippen molar-refractivity contribution in [2.75, 3.05) is 20.4 Å². The van der Waals surface area contributed by atoms with Crippen molar-refractivity contribution in [1.29, 1.82) is 0 Å². The van der Waals surface area contributed by atoms with Gasteiger partial charge in [-0.2, -0.15) is 0 Å². The van der Waals surface area contributed by atoms with E-state index < -0.39 is 48.9 Å². The summed E-state index contributed by atoms with van der Waals surface area (Å²) in [6.07, 6.45) is 0.596. The van der Waals surface area contributed by atoms with E-state index in [0.717, 1.165) is 12.1 Å². The van der Waals surface area contributed by atoms with Gasteiger partial charge in [0.2, 0.25) is 6.79 Å². The number of nitrogens with zero attached hydrogens (tertiary/aromatic N) is 1. The number of methoxy groups -OCH3 is 1. The summed E-state index contributed by atoms with van der Waals surface area (Å²) in [6, 6.07) is 4.55. The van der Waals surface area contributed by atoms with Gasteiger partial charge in [-0.25, -0.2) is 13.8 Å². The molecular formula is C21H22F2N2O7. The van der Waals surface area contributed by atoms with Crippen LogP contribution in [0.2, 0.25) is 0 Å². The van der Waals surface area contributed by atoms with Crippen LogP contribution in [0.3, 0.4) is 0 Å². The molecule has 0 spiro atoms. The lowest BCUT2D eigenvalue weighted by Crippen LogP contribution is -2.33. The quantitative estimate of drug-likeness (QED) is 0.431. The van der Waals surface area contributed by atoms with Crippen LogP contribution in [0.15, 0.2) is 30.5 Å². The van der Waals surface area contributed by atoms with Crippen molar-refractivity contribution in [2.45, 2.75) is 26.4 Å². The molecule has 1 heterocycles. The number of hydrogen-bond acceptors (Lipinski definition) is 8. The predicted octanol–water partition coefficient (Wildman–Crippen LogP) is 2.17. The molecule has 0 aliphatic carbocycles.